The van der Waals surface area contributed by atoms with E-state index in [1.807, 2.05) is 22.6 Å². The Labute approximate surface area is 133 Å². The molecule has 0 bridgehead atoms. The van der Waals surface area contributed by atoms with Crippen LogP contribution in [0.1, 0.15) is 11.3 Å². The molecule has 0 saturated heterocycles. The number of rotatable bonds is 4. The molecule has 0 atom stereocenters. The number of aryl methyl sites for hydroxylation is 1. The van der Waals surface area contributed by atoms with Crippen molar-refractivity contribution in [2.24, 2.45) is 5.84 Å². The minimum atomic E-state index is -0.496. The lowest BCUT2D eigenvalue weighted by atomic mass is 10.1. The Kier molecular flexibility index (Phi) is 4.53. The van der Waals surface area contributed by atoms with Crippen LogP contribution in [0, 0.1) is 20.6 Å². The molecule has 8 nitrogen and oxygen atoms in total. The highest BCUT2D eigenvalue weighted by Crippen LogP contribution is 2.22. The molecule has 3 N–H and O–H groups in total. The van der Waals surface area contributed by atoms with Gasteiger partial charge in [-0.15, -0.1) is 0 Å². The fourth-order valence-electron chi connectivity index (χ4n) is 1.81. The first-order valence-electron chi connectivity index (χ1n) is 5.89. The predicted molar refractivity (Wildman–Crippen MR) is 86.0 cm³/mol. The minimum absolute atomic E-state index is 0.0631. The number of nitrogens with zero attached hydrogens (tertiary/aromatic N) is 3. The quantitative estimate of drug-likeness (QED) is 0.346. The Bertz CT molecular complexity index is 759. The number of non-ortho nitro benzene ring substituents is 1. The number of nitro benzene ring substituents is 1. The van der Waals surface area contributed by atoms with Crippen LogP contribution in [-0.4, -0.2) is 14.5 Å². The van der Waals surface area contributed by atoms with Crippen LogP contribution < -0.4 is 16.8 Å². The predicted octanol–water partition coefficient (Wildman–Crippen LogP) is 1.40. The van der Waals surface area contributed by atoms with Crippen molar-refractivity contribution in [3.8, 4) is 0 Å². The van der Waals surface area contributed by atoms with Gasteiger partial charge in [0.1, 0.15) is 0 Å². The van der Waals surface area contributed by atoms with Gasteiger partial charge in [-0.25, -0.2) is 4.98 Å². The number of nitro groups is 1. The summed E-state index contributed by atoms with van der Waals surface area (Å²) in [5.74, 6) is 5.40. The highest BCUT2D eigenvalue weighted by Gasteiger charge is 2.12. The molecular formula is C12H12IN5O3. The third-order valence-corrected chi connectivity index (χ3v) is 4.19. The van der Waals surface area contributed by atoms with Crippen LogP contribution in [0.2, 0.25) is 0 Å². The number of hydrazine groups is 1. The van der Waals surface area contributed by atoms with Gasteiger partial charge in [0.25, 0.3) is 11.2 Å². The summed E-state index contributed by atoms with van der Waals surface area (Å²) in [6.45, 7) is 1.89. The molecule has 1 heterocycles. The van der Waals surface area contributed by atoms with Crippen molar-refractivity contribution in [3.05, 3.63) is 59.8 Å². The Morgan fingerprint density at radius 2 is 2.24 bits per heavy atom. The summed E-state index contributed by atoms with van der Waals surface area (Å²) in [5, 5.41) is 10.8. The van der Waals surface area contributed by atoms with Gasteiger partial charge in [-0.1, -0.05) is 0 Å². The molecule has 0 amide bonds. The van der Waals surface area contributed by atoms with Gasteiger partial charge in [0.2, 0.25) is 0 Å². The zero-order valence-electron chi connectivity index (χ0n) is 11.0. The first-order chi connectivity index (χ1) is 9.93. The van der Waals surface area contributed by atoms with E-state index in [1.165, 1.54) is 29.1 Å². The van der Waals surface area contributed by atoms with E-state index in [-0.39, 0.29) is 17.8 Å². The van der Waals surface area contributed by atoms with Crippen LogP contribution in [0.3, 0.4) is 0 Å². The van der Waals surface area contributed by atoms with Crippen LogP contribution in [-0.2, 0) is 6.54 Å². The van der Waals surface area contributed by atoms with E-state index in [4.69, 9.17) is 5.84 Å². The summed E-state index contributed by atoms with van der Waals surface area (Å²) in [7, 11) is 0. The minimum Gasteiger partial charge on any atom is -0.324 e. The second kappa shape index (κ2) is 6.18. The molecule has 0 saturated carbocycles. The molecule has 1 aromatic heterocycles. The molecular weight excluding hydrogens is 389 g/mol. The Morgan fingerprint density at radius 1 is 1.52 bits per heavy atom. The van der Waals surface area contributed by atoms with Crippen LogP contribution >= 0.6 is 22.6 Å². The molecule has 0 fully saturated rings. The normalized spacial score (nSPS) is 10.4. The molecule has 0 aliphatic heterocycles. The highest BCUT2D eigenvalue weighted by atomic mass is 127. The summed E-state index contributed by atoms with van der Waals surface area (Å²) in [4.78, 5) is 26.6. The lowest BCUT2D eigenvalue weighted by Gasteiger charge is -2.11. The monoisotopic (exact) mass is 401 g/mol. The van der Waals surface area contributed by atoms with Crippen molar-refractivity contribution in [1.29, 1.82) is 0 Å². The Hall–Kier alpha value is -2.01. The van der Waals surface area contributed by atoms with Crippen molar-refractivity contribution in [1.82, 2.24) is 9.55 Å². The van der Waals surface area contributed by atoms with Gasteiger partial charge in [0, 0.05) is 17.7 Å². The molecule has 110 valence electrons. The first-order valence-corrected chi connectivity index (χ1v) is 6.97. The van der Waals surface area contributed by atoms with Gasteiger partial charge >= 0.3 is 0 Å². The standard InChI is InChI=1S/C12H12IN5O3/c1-7-11(13)12(19)17(6-15-7)5-8-4-9(18(20)21)2-3-10(8)16-14/h2-4,6,16H,5,14H2,1H3. The second-order valence-electron chi connectivity index (χ2n) is 4.32. The summed E-state index contributed by atoms with van der Waals surface area (Å²) in [5.41, 5.74) is 3.91. The molecule has 0 unspecified atom stereocenters. The smallest absolute Gasteiger partial charge is 0.269 e. The number of hydrogen-bond donors (Lipinski definition) is 2. The van der Waals surface area contributed by atoms with Gasteiger partial charge in [-0.05, 0) is 35.6 Å². The fraction of sp³-hybridized carbons (Fsp3) is 0.167. The zero-order valence-corrected chi connectivity index (χ0v) is 13.2. The van der Waals surface area contributed by atoms with Gasteiger partial charge < -0.3 is 5.43 Å². The number of nitrogen functional groups attached to an aromatic ring is 1. The van der Waals surface area contributed by atoms with E-state index in [9.17, 15) is 14.9 Å². The molecule has 0 spiro atoms. The first kappa shape index (κ1) is 15.4. The van der Waals surface area contributed by atoms with E-state index in [0.29, 0.717) is 20.5 Å². The molecule has 1 aromatic carbocycles. The Morgan fingerprint density at radius 3 is 2.86 bits per heavy atom. The number of benzene rings is 1. The van der Waals surface area contributed by atoms with E-state index in [1.54, 1.807) is 6.92 Å². The van der Waals surface area contributed by atoms with Crippen LogP contribution in [0.5, 0.6) is 0 Å². The number of hydrogen-bond acceptors (Lipinski definition) is 6. The average molecular weight is 401 g/mol. The number of halogens is 1. The molecule has 0 aliphatic rings. The molecule has 21 heavy (non-hydrogen) atoms. The van der Waals surface area contributed by atoms with Crippen molar-refractivity contribution < 1.29 is 4.92 Å². The van der Waals surface area contributed by atoms with Crippen molar-refractivity contribution in [3.63, 3.8) is 0 Å². The maximum atomic E-state index is 12.1. The SMILES string of the molecule is Cc1ncn(Cc2cc([N+](=O)[O-])ccc2NN)c(=O)c1I. The molecule has 2 rings (SSSR count). The molecule has 9 heteroatoms. The zero-order chi connectivity index (χ0) is 15.6. The molecule has 2 aromatic rings. The number of nitrogens with two attached hydrogens (primary N) is 1. The van der Waals surface area contributed by atoms with Gasteiger partial charge in [0.05, 0.1) is 32.7 Å². The average Bonchev–Trinajstić information content (AvgIpc) is 2.47. The van der Waals surface area contributed by atoms with Crippen molar-refractivity contribution in [2.45, 2.75) is 13.5 Å². The lowest BCUT2D eigenvalue weighted by Crippen LogP contribution is -2.25. The van der Waals surface area contributed by atoms with E-state index >= 15 is 0 Å². The van der Waals surface area contributed by atoms with Crippen LogP contribution in [0.15, 0.2) is 29.3 Å². The summed E-state index contributed by atoms with van der Waals surface area (Å²) in [6, 6.07) is 4.23. The number of nitrogens with one attached hydrogen (secondary N) is 1. The fourth-order valence-corrected chi connectivity index (χ4v) is 2.26. The highest BCUT2D eigenvalue weighted by molar-refractivity contribution is 14.1. The third kappa shape index (κ3) is 3.19. The molecule has 0 aliphatic carbocycles. The Balaban J connectivity index is 2.48. The van der Waals surface area contributed by atoms with E-state index in [2.05, 4.69) is 10.4 Å². The maximum absolute atomic E-state index is 12.1. The van der Waals surface area contributed by atoms with Gasteiger partial charge in [-0.3, -0.25) is 25.3 Å². The van der Waals surface area contributed by atoms with E-state index < -0.39 is 4.92 Å². The third-order valence-electron chi connectivity index (χ3n) is 2.95. The van der Waals surface area contributed by atoms with Gasteiger partial charge in [0.15, 0.2) is 0 Å². The number of anilines is 1. The summed E-state index contributed by atoms with van der Waals surface area (Å²) in [6.07, 6.45) is 1.42. The summed E-state index contributed by atoms with van der Waals surface area (Å²) < 4.78 is 1.90. The van der Waals surface area contributed by atoms with Crippen LogP contribution in [0.25, 0.3) is 0 Å². The van der Waals surface area contributed by atoms with Crippen molar-refractivity contribution >= 4 is 34.0 Å². The van der Waals surface area contributed by atoms with Gasteiger partial charge in [-0.2, -0.15) is 0 Å². The maximum Gasteiger partial charge on any atom is 0.269 e. The van der Waals surface area contributed by atoms with Crippen molar-refractivity contribution in [2.75, 3.05) is 5.43 Å². The van der Waals surface area contributed by atoms with E-state index in [0.717, 1.165) is 0 Å². The topological polar surface area (TPSA) is 116 Å². The largest absolute Gasteiger partial charge is 0.324 e. The lowest BCUT2D eigenvalue weighted by molar-refractivity contribution is -0.384. The second-order valence-corrected chi connectivity index (χ2v) is 5.40. The number of aromatic nitrogens is 2. The molecule has 0 radical (unpaired) electrons. The summed E-state index contributed by atoms with van der Waals surface area (Å²) >= 11 is 1.93. The van der Waals surface area contributed by atoms with Crippen LogP contribution in [0.4, 0.5) is 11.4 Å².